The topological polar surface area (TPSA) is 113 Å². The van der Waals surface area contributed by atoms with E-state index in [4.69, 9.17) is 5.11 Å². The lowest BCUT2D eigenvalue weighted by Crippen LogP contribution is -2.41. The van der Waals surface area contributed by atoms with E-state index >= 15 is 0 Å². The van der Waals surface area contributed by atoms with E-state index in [1.54, 1.807) is 6.92 Å². The van der Waals surface area contributed by atoms with Crippen molar-refractivity contribution >= 4 is 21.8 Å². The summed E-state index contributed by atoms with van der Waals surface area (Å²) in [6, 6.07) is -0.373. The molecule has 1 rings (SSSR count). The summed E-state index contributed by atoms with van der Waals surface area (Å²) in [7, 11) is -3.06. The van der Waals surface area contributed by atoms with Gasteiger partial charge in [-0.2, -0.15) is 0 Å². The normalized spacial score (nSPS) is 22.5. The molecule has 0 aromatic rings. The van der Waals surface area contributed by atoms with Crippen LogP contribution in [0.5, 0.6) is 0 Å². The van der Waals surface area contributed by atoms with Gasteiger partial charge in [-0.3, -0.25) is 4.79 Å². The van der Waals surface area contributed by atoms with Crippen LogP contribution < -0.4 is 10.6 Å². The smallest absolute Gasteiger partial charge is 0.314 e. The van der Waals surface area contributed by atoms with Crippen LogP contribution in [0.4, 0.5) is 4.79 Å². The Morgan fingerprint density at radius 2 is 1.76 bits per heavy atom. The first kappa shape index (κ1) is 17.7. The van der Waals surface area contributed by atoms with E-state index in [1.807, 2.05) is 0 Å². The van der Waals surface area contributed by atoms with Crippen molar-refractivity contribution in [1.29, 1.82) is 0 Å². The molecule has 2 amide bonds. The lowest BCUT2D eigenvalue weighted by atomic mass is 9.82. The number of nitrogens with one attached hydrogen (secondary N) is 2. The van der Waals surface area contributed by atoms with Crippen molar-refractivity contribution in [2.24, 2.45) is 11.8 Å². The first-order valence-corrected chi connectivity index (χ1v) is 9.11. The highest BCUT2D eigenvalue weighted by molar-refractivity contribution is 7.91. The van der Waals surface area contributed by atoms with Gasteiger partial charge in [0, 0.05) is 18.8 Å². The molecule has 0 saturated heterocycles. The molecule has 1 fully saturated rings. The maximum absolute atomic E-state index is 11.5. The van der Waals surface area contributed by atoms with Gasteiger partial charge >= 0.3 is 12.0 Å². The van der Waals surface area contributed by atoms with Crippen LogP contribution in [-0.4, -0.2) is 50.1 Å². The molecule has 0 spiro atoms. The van der Waals surface area contributed by atoms with E-state index < -0.39 is 15.8 Å². The van der Waals surface area contributed by atoms with Crippen molar-refractivity contribution in [3.8, 4) is 0 Å². The molecule has 0 aliphatic heterocycles. The van der Waals surface area contributed by atoms with Gasteiger partial charge in [-0.1, -0.05) is 6.92 Å². The fourth-order valence-corrected chi connectivity index (χ4v) is 3.08. The molecular weight excluding hydrogens is 296 g/mol. The Hall–Kier alpha value is -1.31. The van der Waals surface area contributed by atoms with Gasteiger partial charge in [0.05, 0.1) is 11.7 Å². The van der Waals surface area contributed by atoms with Gasteiger partial charge in [-0.15, -0.1) is 0 Å². The third-order valence-corrected chi connectivity index (χ3v) is 5.59. The lowest BCUT2D eigenvalue weighted by molar-refractivity contribution is -0.143. The number of hydrogen-bond donors (Lipinski definition) is 3. The second-order valence-corrected chi connectivity index (χ2v) is 7.90. The Kier molecular flexibility index (Phi) is 6.94. The molecule has 1 aliphatic rings. The molecule has 0 unspecified atom stereocenters. The number of amides is 2. The molecule has 8 heteroatoms. The number of sulfone groups is 1. The van der Waals surface area contributed by atoms with Crippen molar-refractivity contribution in [3.63, 3.8) is 0 Å². The summed E-state index contributed by atoms with van der Waals surface area (Å²) in [5, 5.41) is 14.1. The highest BCUT2D eigenvalue weighted by atomic mass is 32.2. The maximum Gasteiger partial charge on any atom is 0.314 e. The van der Waals surface area contributed by atoms with E-state index in [1.165, 1.54) is 0 Å². The van der Waals surface area contributed by atoms with Gasteiger partial charge < -0.3 is 15.7 Å². The monoisotopic (exact) mass is 320 g/mol. The predicted octanol–water partition coefficient (Wildman–Crippen LogP) is 0.611. The summed E-state index contributed by atoms with van der Waals surface area (Å²) >= 11 is 0. The molecule has 0 bridgehead atoms. The first-order valence-electron chi connectivity index (χ1n) is 7.29. The van der Waals surface area contributed by atoms with Crippen LogP contribution in [0.15, 0.2) is 0 Å². The lowest BCUT2D eigenvalue weighted by Gasteiger charge is -2.26. The number of carboxylic acids is 1. The summed E-state index contributed by atoms with van der Waals surface area (Å²) in [6.07, 6.45) is 2.89. The third-order valence-electron chi connectivity index (χ3n) is 3.89. The van der Waals surface area contributed by atoms with Crippen LogP contribution in [0, 0.1) is 11.8 Å². The van der Waals surface area contributed by atoms with Crippen LogP contribution in [0.1, 0.15) is 32.6 Å². The summed E-state index contributed by atoms with van der Waals surface area (Å²) < 4.78 is 22.5. The zero-order valence-corrected chi connectivity index (χ0v) is 13.1. The molecule has 21 heavy (non-hydrogen) atoms. The van der Waals surface area contributed by atoms with E-state index in [2.05, 4.69) is 10.6 Å². The molecule has 0 aromatic carbocycles. The Morgan fingerprint density at radius 3 is 2.29 bits per heavy atom. The number of aliphatic carboxylic acids is 1. The van der Waals surface area contributed by atoms with Crippen LogP contribution in [0.25, 0.3) is 0 Å². The summed E-state index contributed by atoms with van der Waals surface area (Å²) in [6.45, 7) is 2.18. The molecule has 1 saturated carbocycles. The van der Waals surface area contributed by atoms with E-state index in [0.29, 0.717) is 25.3 Å². The number of carbonyl (C=O) groups excluding carboxylic acids is 1. The highest BCUT2D eigenvalue weighted by Crippen LogP contribution is 2.28. The molecule has 0 atom stereocenters. The minimum atomic E-state index is -3.06. The van der Waals surface area contributed by atoms with E-state index in [-0.39, 0.29) is 30.0 Å². The predicted molar refractivity (Wildman–Crippen MR) is 78.8 cm³/mol. The second kappa shape index (κ2) is 8.21. The minimum Gasteiger partial charge on any atom is -0.481 e. The molecule has 1 aliphatic carbocycles. The third kappa shape index (κ3) is 6.79. The average Bonchev–Trinajstić information content (AvgIpc) is 2.45. The van der Waals surface area contributed by atoms with Gasteiger partial charge in [0.25, 0.3) is 0 Å². The van der Waals surface area contributed by atoms with Crippen molar-refractivity contribution in [2.45, 2.75) is 32.6 Å². The summed E-state index contributed by atoms with van der Waals surface area (Å²) in [5.41, 5.74) is 0. The van der Waals surface area contributed by atoms with Crippen LogP contribution >= 0.6 is 0 Å². The van der Waals surface area contributed by atoms with E-state index in [0.717, 1.165) is 12.8 Å². The fourth-order valence-electron chi connectivity index (χ4n) is 2.38. The molecule has 3 N–H and O–H groups in total. The van der Waals surface area contributed by atoms with Crippen molar-refractivity contribution in [2.75, 3.05) is 24.6 Å². The van der Waals surface area contributed by atoms with Crippen molar-refractivity contribution in [1.82, 2.24) is 10.6 Å². The maximum atomic E-state index is 11.5. The average molecular weight is 320 g/mol. The van der Waals surface area contributed by atoms with Crippen LogP contribution in [0.2, 0.25) is 0 Å². The number of rotatable bonds is 7. The number of carbonyl (C=O) groups is 2. The van der Waals surface area contributed by atoms with Gasteiger partial charge in [0.15, 0.2) is 9.84 Å². The fraction of sp³-hybridized carbons (Fsp3) is 0.846. The molecule has 0 heterocycles. The molecule has 7 nitrogen and oxygen atoms in total. The minimum absolute atomic E-state index is 0.0549. The van der Waals surface area contributed by atoms with Gasteiger partial charge in [0.2, 0.25) is 0 Å². The molecule has 0 radical (unpaired) electrons. The zero-order chi connectivity index (χ0) is 15.9. The SMILES string of the molecule is CCS(=O)(=O)CCNC(=O)NCC1CCC(C(=O)O)CC1. The Bertz CT molecular complexity index is 455. The van der Waals surface area contributed by atoms with Gasteiger partial charge in [0.1, 0.15) is 0 Å². The second-order valence-electron chi connectivity index (χ2n) is 5.43. The van der Waals surface area contributed by atoms with Gasteiger partial charge in [-0.25, -0.2) is 13.2 Å². The van der Waals surface area contributed by atoms with Crippen molar-refractivity contribution in [3.05, 3.63) is 0 Å². The molecule has 122 valence electrons. The quantitative estimate of drug-likeness (QED) is 0.636. The Labute approximate surface area is 125 Å². The molecular formula is C13H24N2O5S. The Morgan fingerprint density at radius 1 is 1.14 bits per heavy atom. The summed E-state index contributed by atoms with van der Waals surface area (Å²) in [4.78, 5) is 22.3. The van der Waals surface area contributed by atoms with E-state index in [9.17, 15) is 18.0 Å². The molecule has 0 aromatic heterocycles. The van der Waals surface area contributed by atoms with Crippen molar-refractivity contribution < 1.29 is 23.1 Å². The van der Waals surface area contributed by atoms with Gasteiger partial charge in [-0.05, 0) is 31.6 Å². The number of carboxylic acid groups (broad SMARTS) is 1. The van der Waals surface area contributed by atoms with Crippen LogP contribution in [-0.2, 0) is 14.6 Å². The van der Waals surface area contributed by atoms with Crippen LogP contribution in [0.3, 0.4) is 0 Å². The zero-order valence-electron chi connectivity index (χ0n) is 12.3. The number of hydrogen-bond acceptors (Lipinski definition) is 4. The highest BCUT2D eigenvalue weighted by Gasteiger charge is 2.25. The largest absolute Gasteiger partial charge is 0.481 e. The standard InChI is InChI=1S/C13H24N2O5S/c1-2-21(19,20)8-7-14-13(18)15-9-10-3-5-11(6-4-10)12(16)17/h10-11H,2-9H2,1H3,(H,16,17)(H2,14,15,18). The number of urea groups is 1. The Balaban J connectivity index is 2.15. The first-order chi connectivity index (χ1) is 9.84. The summed E-state index contributed by atoms with van der Waals surface area (Å²) in [5.74, 6) is -0.680.